The number of phenols is 1. The van der Waals surface area contributed by atoms with Gasteiger partial charge >= 0.3 is 0 Å². The summed E-state index contributed by atoms with van der Waals surface area (Å²) in [5.41, 5.74) is 5.23. The van der Waals surface area contributed by atoms with Crippen LogP contribution in [0.25, 0.3) is 5.57 Å². The molecule has 1 heterocycles. The highest BCUT2D eigenvalue weighted by atomic mass is 16.5. The second kappa shape index (κ2) is 9.06. The van der Waals surface area contributed by atoms with Gasteiger partial charge in [0.25, 0.3) is 0 Å². The molecule has 0 spiro atoms. The lowest BCUT2D eigenvalue weighted by Gasteiger charge is -2.19. The smallest absolute Gasteiger partial charge is 0.130 e. The van der Waals surface area contributed by atoms with Crippen LogP contribution in [0.2, 0.25) is 0 Å². The summed E-state index contributed by atoms with van der Waals surface area (Å²) in [4.78, 5) is 2.15. The predicted molar refractivity (Wildman–Crippen MR) is 120 cm³/mol. The van der Waals surface area contributed by atoms with Crippen molar-refractivity contribution in [1.82, 2.24) is 4.90 Å². The van der Waals surface area contributed by atoms with Gasteiger partial charge in [-0.05, 0) is 49.0 Å². The van der Waals surface area contributed by atoms with Crippen LogP contribution in [0, 0.1) is 0 Å². The minimum atomic E-state index is 0.279. The first-order valence-electron chi connectivity index (χ1n) is 10.2. The van der Waals surface area contributed by atoms with Gasteiger partial charge in [-0.15, -0.1) is 0 Å². The van der Waals surface area contributed by atoms with Gasteiger partial charge in [-0.3, -0.25) is 0 Å². The number of para-hydroxylation sites is 1. The van der Waals surface area contributed by atoms with Crippen molar-refractivity contribution in [2.75, 3.05) is 27.2 Å². The number of rotatable bonds is 6. The van der Waals surface area contributed by atoms with Crippen LogP contribution in [-0.4, -0.2) is 37.3 Å². The van der Waals surface area contributed by atoms with Gasteiger partial charge in [0, 0.05) is 30.2 Å². The minimum absolute atomic E-state index is 0.279. The highest BCUT2D eigenvalue weighted by Gasteiger charge is 2.22. The summed E-state index contributed by atoms with van der Waals surface area (Å²) in [6.07, 6.45) is 0.802. The van der Waals surface area contributed by atoms with E-state index >= 15 is 0 Å². The van der Waals surface area contributed by atoms with E-state index in [4.69, 9.17) is 9.47 Å². The van der Waals surface area contributed by atoms with Gasteiger partial charge in [-0.1, -0.05) is 48.5 Å². The zero-order valence-corrected chi connectivity index (χ0v) is 17.5. The van der Waals surface area contributed by atoms with Crippen LogP contribution >= 0.6 is 0 Å². The van der Waals surface area contributed by atoms with Gasteiger partial charge in [0.2, 0.25) is 0 Å². The zero-order valence-electron chi connectivity index (χ0n) is 17.5. The lowest BCUT2D eigenvalue weighted by molar-refractivity contribution is 0.295. The number of likely N-dealkylation sites (N-methyl/N-ethyl adjacent to an activating group) is 1. The monoisotopic (exact) mass is 401 g/mol. The first-order chi connectivity index (χ1) is 14.6. The Hall–Kier alpha value is -3.24. The van der Waals surface area contributed by atoms with E-state index < -0.39 is 0 Å². The molecule has 0 amide bonds. The molecule has 0 unspecified atom stereocenters. The number of ether oxygens (including phenoxy) is 2. The topological polar surface area (TPSA) is 41.9 Å². The second-order valence-electron chi connectivity index (χ2n) is 7.76. The van der Waals surface area contributed by atoms with Gasteiger partial charge < -0.3 is 19.5 Å². The van der Waals surface area contributed by atoms with E-state index in [9.17, 15) is 5.11 Å². The summed E-state index contributed by atoms with van der Waals surface area (Å²) in [5, 5.41) is 10.6. The van der Waals surface area contributed by atoms with Gasteiger partial charge in [-0.25, -0.2) is 0 Å². The van der Waals surface area contributed by atoms with Crippen LogP contribution in [-0.2, 0) is 6.61 Å². The number of benzene rings is 3. The molecular formula is C26H27NO3. The Bertz CT molecular complexity index is 1040. The standard InChI is InChI=1S/C26H27NO3/c1-27(2)17-20-14-15-29-25-16-21(30-18-19-8-4-3-5-9-19)12-13-23(25)26(20)22-10-6-7-11-24(22)28/h3-13,16,28H,14-15,17-18H2,1-2H3. The van der Waals surface area contributed by atoms with E-state index in [0.717, 1.165) is 46.7 Å². The third-order valence-electron chi connectivity index (χ3n) is 5.17. The van der Waals surface area contributed by atoms with Crippen molar-refractivity contribution >= 4 is 5.57 Å². The third kappa shape index (κ3) is 4.50. The number of nitrogens with zero attached hydrogens (tertiary/aromatic N) is 1. The summed E-state index contributed by atoms with van der Waals surface area (Å²) in [6.45, 7) is 1.90. The second-order valence-corrected chi connectivity index (χ2v) is 7.76. The highest BCUT2D eigenvalue weighted by molar-refractivity contribution is 5.88. The SMILES string of the molecule is CN(C)CC1=C(c2ccccc2O)c2ccc(OCc3ccccc3)cc2OCC1. The van der Waals surface area contributed by atoms with E-state index in [-0.39, 0.29) is 5.75 Å². The third-order valence-corrected chi connectivity index (χ3v) is 5.17. The van der Waals surface area contributed by atoms with E-state index in [1.807, 2.05) is 66.7 Å². The van der Waals surface area contributed by atoms with E-state index in [1.165, 1.54) is 5.57 Å². The maximum atomic E-state index is 10.6. The molecule has 1 aliphatic rings. The Morgan fingerprint density at radius 3 is 2.47 bits per heavy atom. The van der Waals surface area contributed by atoms with Gasteiger partial charge in [-0.2, -0.15) is 0 Å². The first kappa shape index (κ1) is 20.0. The van der Waals surface area contributed by atoms with Crippen molar-refractivity contribution in [3.05, 3.63) is 95.1 Å². The average molecular weight is 402 g/mol. The Kier molecular flexibility index (Phi) is 6.05. The fraction of sp³-hybridized carbons (Fsp3) is 0.231. The van der Waals surface area contributed by atoms with E-state index in [2.05, 4.69) is 19.0 Å². The number of phenolic OH excluding ortho intramolecular Hbond substituents is 1. The Morgan fingerprint density at radius 2 is 1.70 bits per heavy atom. The summed E-state index contributed by atoms with van der Waals surface area (Å²) >= 11 is 0. The molecule has 30 heavy (non-hydrogen) atoms. The number of hydrogen-bond acceptors (Lipinski definition) is 4. The molecule has 0 saturated carbocycles. The van der Waals surface area contributed by atoms with E-state index in [0.29, 0.717) is 13.2 Å². The van der Waals surface area contributed by atoms with Crippen LogP contribution < -0.4 is 9.47 Å². The van der Waals surface area contributed by atoms with Gasteiger partial charge in [0.15, 0.2) is 0 Å². The van der Waals surface area contributed by atoms with Crippen LogP contribution in [0.3, 0.4) is 0 Å². The molecule has 4 rings (SSSR count). The average Bonchev–Trinajstić information content (AvgIpc) is 2.91. The molecular weight excluding hydrogens is 374 g/mol. The molecule has 0 fully saturated rings. The Labute approximate surface area is 178 Å². The normalized spacial score (nSPS) is 13.6. The lowest BCUT2D eigenvalue weighted by atomic mass is 9.90. The molecule has 0 aliphatic carbocycles. The molecule has 4 heteroatoms. The molecule has 1 aliphatic heterocycles. The van der Waals surface area contributed by atoms with Crippen molar-refractivity contribution < 1.29 is 14.6 Å². The van der Waals surface area contributed by atoms with Crippen LogP contribution in [0.15, 0.2) is 78.4 Å². The lowest BCUT2D eigenvalue weighted by Crippen LogP contribution is -2.17. The minimum Gasteiger partial charge on any atom is -0.507 e. The molecule has 0 aromatic heterocycles. The highest BCUT2D eigenvalue weighted by Crippen LogP contribution is 2.41. The van der Waals surface area contributed by atoms with Crippen LogP contribution in [0.1, 0.15) is 23.1 Å². The van der Waals surface area contributed by atoms with Crippen molar-refractivity contribution in [3.8, 4) is 17.2 Å². The maximum absolute atomic E-state index is 10.6. The molecule has 3 aromatic carbocycles. The molecule has 0 radical (unpaired) electrons. The summed E-state index contributed by atoms with van der Waals surface area (Å²) in [7, 11) is 4.12. The van der Waals surface area contributed by atoms with Crippen molar-refractivity contribution in [1.29, 1.82) is 0 Å². The van der Waals surface area contributed by atoms with Gasteiger partial charge in [0.05, 0.1) is 6.61 Å². The number of fused-ring (bicyclic) bond motifs is 1. The Balaban J connectivity index is 1.72. The van der Waals surface area contributed by atoms with Crippen molar-refractivity contribution in [3.63, 3.8) is 0 Å². The number of hydrogen-bond donors (Lipinski definition) is 1. The van der Waals surface area contributed by atoms with Crippen molar-refractivity contribution in [2.24, 2.45) is 0 Å². The van der Waals surface area contributed by atoms with Gasteiger partial charge in [0.1, 0.15) is 23.9 Å². The fourth-order valence-corrected chi connectivity index (χ4v) is 3.82. The summed E-state index contributed by atoms with van der Waals surface area (Å²) < 4.78 is 12.1. The first-order valence-corrected chi connectivity index (χ1v) is 10.2. The largest absolute Gasteiger partial charge is 0.507 e. The molecule has 3 aromatic rings. The molecule has 4 nitrogen and oxygen atoms in total. The number of aromatic hydroxyl groups is 1. The maximum Gasteiger partial charge on any atom is 0.130 e. The summed E-state index contributed by atoms with van der Waals surface area (Å²) in [5.74, 6) is 1.83. The fourth-order valence-electron chi connectivity index (χ4n) is 3.82. The molecule has 0 saturated heterocycles. The summed E-state index contributed by atoms with van der Waals surface area (Å²) in [6, 6.07) is 23.6. The van der Waals surface area contributed by atoms with E-state index in [1.54, 1.807) is 6.07 Å². The van der Waals surface area contributed by atoms with Crippen LogP contribution in [0.4, 0.5) is 0 Å². The van der Waals surface area contributed by atoms with Crippen LogP contribution in [0.5, 0.6) is 17.2 Å². The zero-order chi connectivity index (χ0) is 20.9. The molecule has 1 N–H and O–H groups in total. The predicted octanol–water partition coefficient (Wildman–Crippen LogP) is 5.12. The quantitative estimate of drug-likeness (QED) is 0.623. The molecule has 154 valence electrons. The molecule has 0 atom stereocenters. The molecule has 0 bridgehead atoms. The van der Waals surface area contributed by atoms with Crippen molar-refractivity contribution in [2.45, 2.75) is 13.0 Å². The Morgan fingerprint density at radius 1 is 0.933 bits per heavy atom.